The van der Waals surface area contributed by atoms with Gasteiger partial charge in [0.15, 0.2) is 17.7 Å². The maximum atomic E-state index is 12.6. The minimum absolute atomic E-state index is 0.106. The molecule has 3 rings (SSSR count). The topological polar surface area (TPSA) is 114 Å². The maximum Gasteiger partial charge on any atom is 0.338 e. The summed E-state index contributed by atoms with van der Waals surface area (Å²) in [6.45, 7) is 4.19. The number of aromatic nitrogens is 4. The van der Waals surface area contributed by atoms with Crippen LogP contribution in [0.2, 0.25) is 0 Å². The Morgan fingerprint density at radius 1 is 1.33 bits per heavy atom. The Hall–Kier alpha value is -1.96. The molecule has 0 aliphatic carbocycles. The molecule has 2 N–H and O–H groups in total. The van der Waals surface area contributed by atoms with Crippen LogP contribution in [-0.2, 0) is 18.3 Å². The summed E-state index contributed by atoms with van der Waals surface area (Å²) in [6, 6.07) is 0. The molecule has 1 aliphatic heterocycles. The maximum absolute atomic E-state index is 12.6. The summed E-state index contributed by atoms with van der Waals surface area (Å²) in [7, 11) is -3.19. The van der Waals surface area contributed by atoms with Crippen LogP contribution < -0.4 is 5.73 Å². The zero-order valence-corrected chi connectivity index (χ0v) is 14.5. The van der Waals surface area contributed by atoms with Gasteiger partial charge in [-0.2, -0.15) is 0 Å². The van der Waals surface area contributed by atoms with Gasteiger partial charge in [-0.05, 0) is 19.9 Å². The van der Waals surface area contributed by atoms with Crippen molar-refractivity contribution in [3.63, 3.8) is 0 Å². The number of hydrogen-bond acceptors (Lipinski definition) is 8. The molecule has 2 aromatic heterocycles. The standard InChI is InChI=1S/C14H20N5O4P/c1-3-21-24(20,22-4-2)7-10-5-6-11(23-10)19-9-18-12-13(15)16-8-17-14(12)19/h5,8-9,11H,3-4,6-7H2,1-2H3,(H2,15,16,17)/t11-/m1/s1. The van der Waals surface area contributed by atoms with E-state index in [1.807, 2.05) is 6.08 Å². The molecule has 2 aromatic rings. The van der Waals surface area contributed by atoms with Crippen LogP contribution in [0.15, 0.2) is 24.5 Å². The van der Waals surface area contributed by atoms with E-state index in [1.165, 1.54) is 6.33 Å². The number of rotatable bonds is 7. The van der Waals surface area contributed by atoms with Crippen molar-refractivity contribution in [3.05, 3.63) is 24.5 Å². The van der Waals surface area contributed by atoms with Crippen LogP contribution >= 0.6 is 7.60 Å². The lowest BCUT2D eigenvalue weighted by Crippen LogP contribution is -2.09. The molecule has 9 nitrogen and oxygen atoms in total. The van der Waals surface area contributed by atoms with Gasteiger partial charge in [0.1, 0.15) is 30.1 Å². The number of nitrogens with zero attached hydrogens (tertiary/aromatic N) is 4. The summed E-state index contributed by atoms with van der Waals surface area (Å²) in [4.78, 5) is 12.4. The Morgan fingerprint density at radius 3 is 2.79 bits per heavy atom. The molecular formula is C14H20N5O4P. The van der Waals surface area contributed by atoms with Gasteiger partial charge in [0.25, 0.3) is 0 Å². The fourth-order valence-electron chi connectivity index (χ4n) is 2.57. The summed E-state index contributed by atoms with van der Waals surface area (Å²) < 4.78 is 30.9. The zero-order valence-electron chi connectivity index (χ0n) is 13.6. The first-order valence-corrected chi connectivity index (χ1v) is 9.46. The minimum Gasteiger partial charge on any atom is -0.474 e. The van der Waals surface area contributed by atoms with Crippen molar-refractivity contribution in [2.24, 2.45) is 0 Å². The fraction of sp³-hybridized carbons (Fsp3) is 0.500. The molecule has 0 aromatic carbocycles. The lowest BCUT2D eigenvalue weighted by atomic mass is 10.4. The fourth-order valence-corrected chi connectivity index (χ4v) is 4.20. The van der Waals surface area contributed by atoms with Gasteiger partial charge in [-0.15, -0.1) is 0 Å². The van der Waals surface area contributed by atoms with Crippen LogP contribution in [0.25, 0.3) is 11.2 Å². The van der Waals surface area contributed by atoms with E-state index in [4.69, 9.17) is 19.5 Å². The molecule has 24 heavy (non-hydrogen) atoms. The molecule has 0 saturated carbocycles. The summed E-state index contributed by atoms with van der Waals surface area (Å²) in [5, 5.41) is 0. The smallest absolute Gasteiger partial charge is 0.338 e. The molecule has 0 fully saturated rings. The Labute approximate surface area is 139 Å². The third-order valence-corrected chi connectivity index (χ3v) is 5.54. The second-order valence-electron chi connectivity index (χ2n) is 5.17. The largest absolute Gasteiger partial charge is 0.474 e. The third-order valence-electron chi connectivity index (χ3n) is 3.53. The lowest BCUT2D eigenvalue weighted by molar-refractivity contribution is 0.0852. The van der Waals surface area contributed by atoms with E-state index in [9.17, 15) is 4.57 Å². The van der Waals surface area contributed by atoms with E-state index in [0.717, 1.165) is 0 Å². The predicted molar refractivity (Wildman–Crippen MR) is 88.3 cm³/mol. The number of hydrogen-bond donors (Lipinski definition) is 1. The minimum atomic E-state index is -3.19. The van der Waals surface area contributed by atoms with Gasteiger partial charge in [0.05, 0.1) is 13.2 Å². The van der Waals surface area contributed by atoms with Crippen molar-refractivity contribution < 1.29 is 18.3 Å². The highest BCUT2D eigenvalue weighted by Gasteiger charge is 2.31. The van der Waals surface area contributed by atoms with Gasteiger partial charge in [0, 0.05) is 6.42 Å². The van der Waals surface area contributed by atoms with E-state index in [-0.39, 0.29) is 12.4 Å². The van der Waals surface area contributed by atoms with Crippen LogP contribution in [0.3, 0.4) is 0 Å². The molecule has 1 aliphatic rings. The zero-order chi connectivity index (χ0) is 17.2. The normalized spacial score (nSPS) is 17.9. The quantitative estimate of drug-likeness (QED) is 0.755. The van der Waals surface area contributed by atoms with E-state index >= 15 is 0 Å². The predicted octanol–water partition coefficient (Wildman–Crippen LogP) is 2.48. The number of nitrogens with two attached hydrogens (primary N) is 1. The molecule has 3 heterocycles. The number of allylic oxidation sites excluding steroid dienone is 1. The summed E-state index contributed by atoms with van der Waals surface area (Å²) >= 11 is 0. The van der Waals surface area contributed by atoms with Gasteiger partial charge >= 0.3 is 7.60 Å². The molecule has 1 atom stereocenters. The van der Waals surface area contributed by atoms with Gasteiger partial charge in [0.2, 0.25) is 0 Å². The Kier molecular flexibility index (Phi) is 4.84. The highest BCUT2D eigenvalue weighted by Crippen LogP contribution is 2.51. The Balaban J connectivity index is 1.74. The molecule has 130 valence electrons. The van der Waals surface area contributed by atoms with Crippen molar-refractivity contribution in [2.45, 2.75) is 26.5 Å². The molecular weight excluding hydrogens is 333 g/mol. The first kappa shape index (κ1) is 16.9. The van der Waals surface area contributed by atoms with Crippen LogP contribution in [0.1, 0.15) is 26.5 Å². The summed E-state index contributed by atoms with van der Waals surface area (Å²) in [5.41, 5.74) is 6.92. The lowest BCUT2D eigenvalue weighted by Gasteiger charge is -2.19. The SMILES string of the molecule is CCOP(=O)(CC1=CC[C@H](n2cnc3c(N)ncnc32)O1)OCC. The van der Waals surface area contributed by atoms with Gasteiger partial charge in [-0.3, -0.25) is 9.13 Å². The molecule has 0 saturated heterocycles. The Morgan fingerprint density at radius 2 is 2.08 bits per heavy atom. The van der Waals surface area contributed by atoms with Crippen molar-refractivity contribution in [1.82, 2.24) is 19.5 Å². The third kappa shape index (κ3) is 3.28. The van der Waals surface area contributed by atoms with Crippen LogP contribution in [-0.4, -0.2) is 38.9 Å². The van der Waals surface area contributed by atoms with Crippen molar-refractivity contribution >= 4 is 24.6 Å². The molecule has 0 amide bonds. The highest BCUT2D eigenvalue weighted by molar-refractivity contribution is 7.54. The average molecular weight is 353 g/mol. The first-order chi connectivity index (χ1) is 11.6. The van der Waals surface area contributed by atoms with Crippen LogP contribution in [0.4, 0.5) is 5.82 Å². The number of anilines is 1. The molecule has 10 heteroatoms. The first-order valence-electron chi connectivity index (χ1n) is 7.73. The van der Waals surface area contributed by atoms with Crippen molar-refractivity contribution in [3.8, 4) is 0 Å². The highest BCUT2D eigenvalue weighted by atomic mass is 31.2. The van der Waals surface area contributed by atoms with E-state index in [2.05, 4.69) is 15.0 Å². The van der Waals surface area contributed by atoms with E-state index in [0.29, 0.717) is 42.4 Å². The van der Waals surface area contributed by atoms with Crippen molar-refractivity contribution in [1.29, 1.82) is 0 Å². The second-order valence-corrected chi connectivity index (χ2v) is 7.22. The molecule has 0 unspecified atom stereocenters. The summed E-state index contributed by atoms with van der Waals surface area (Å²) in [5.74, 6) is 0.899. The molecule has 0 bridgehead atoms. The number of imidazole rings is 1. The van der Waals surface area contributed by atoms with Crippen LogP contribution in [0.5, 0.6) is 0 Å². The van der Waals surface area contributed by atoms with Crippen LogP contribution in [0, 0.1) is 0 Å². The van der Waals surface area contributed by atoms with E-state index in [1.54, 1.807) is 24.7 Å². The van der Waals surface area contributed by atoms with Gasteiger partial charge < -0.3 is 19.5 Å². The number of nitrogen functional groups attached to an aromatic ring is 1. The van der Waals surface area contributed by atoms with Gasteiger partial charge in [-0.25, -0.2) is 15.0 Å². The Bertz CT molecular complexity index is 796. The average Bonchev–Trinajstić information content (AvgIpc) is 3.14. The second kappa shape index (κ2) is 6.88. The monoisotopic (exact) mass is 353 g/mol. The van der Waals surface area contributed by atoms with E-state index < -0.39 is 7.60 Å². The molecule has 0 spiro atoms. The molecule has 0 radical (unpaired) electrons. The number of ether oxygens (including phenoxy) is 1. The summed E-state index contributed by atoms with van der Waals surface area (Å²) in [6.07, 6.45) is 5.26. The number of fused-ring (bicyclic) bond motifs is 1. The van der Waals surface area contributed by atoms with Crippen molar-refractivity contribution in [2.75, 3.05) is 25.1 Å². The van der Waals surface area contributed by atoms with Gasteiger partial charge in [-0.1, -0.05) is 0 Å².